The third kappa shape index (κ3) is 5.27. The minimum Gasteiger partial charge on any atom is -0.497 e. The molecule has 1 saturated heterocycles. The van der Waals surface area contributed by atoms with E-state index in [4.69, 9.17) is 31.2 Å². The second kappa shape index (κ2) is 10.2. The van der Waals surface area contributed by atoms with Crippen LogP contribution in [0.2, 0.25) is 0 Å². The number of thiocarbonyl (C=S) groups is 1. The third-order valence-corrected chi connectivity index (χ3v) is 6.25. The molecule has 0 aromatic heterocycles. The number of carbonyl (C=O) groups excluding carboxylic acids is 1. The molecule has 1 heterocycles. The van der Waals surface area contributed by atoms with Gasteiger partial charge in [-0.2, -0.15) is 0 Å². The van der Waals surface area contributed by atoms with Gasteiger partial charge >= 0.3 is 0 Å². The average Bonchev–Trinajstić information content (AvgIpc) is 2.98. The summed E-state index contributed by atoms with van der Waals surface area (Å²) in [5.41, 5.74) is 0.799. The number of carbonyl (C=O) groups is 1. The zero-order valence-electron chi connectivity index (χ0n) is 16.6. The molecular formula is C21H20BrNO5S2. The maximum atomic E-state index is 12.2. The molecule has 0 saturated carbocycles. The van der Waals surface area contributed by atoms with Gasteiger partial charge in [0.1, 0.15) is 29.0 Å². The molecule has 1 aliphatic heterocycles. The van der Waals surface area contributed by atoms with Crippen molar-refractivity contribution in [3.05, 3.63) is 51.3 Å². The quantitative estimate of drug-likeness (QED) is 0.289. The second-order valence-electron chi connectivity index (χ2n) is 6.15. The van der Waals surface area contributed by atoms with Gasteiger partial charge in [0, 0.05) is 13.1 Å². The van der Waals surface area contributed by atoms with Crippen LogP contribution in [-0.4, -0.2) is 49.6 Å². The summed E-state index contributed by atoms with van der Waals surface area (Å²) in [6, 6.07) is 11.1. The van der Waals surface area contributed by atoms with E-state index in [1.165, 1.54) is 16.7 Å². The number of methoxy groups -OCH3 is 2. The van der Waals surface area contributed by atoms with Crippen LogP contribution in [0, 0.1) is 0 Å². The van der Waals surface area contributed by atoms with Gasteiger partial charge in [-0.25, -0.2) is 0 Å². The van der Waals surface area contributed by atoms with E-state index in [9.17, 15) is 4.79 Å². The number of rotatable bonds is 8. The number of benzene rings is 2. The molecule has 1 amide bonds. The monoisotopic (exact) mass is 509 g/mol. The minimum absolute atomic E-state index is 0.116. The van der Waals surface area contributed by atoms with E-state index in [-0.39, 0.29) is 5.91 Å². The van der Waals surface area contributed by atoms with Gasteiger partial charge in [0.15, 0.2) is 11.5 Å². The van der Waals surface area contributed by atoms with Gasteiger partial charge in [0.05, 0.1) is 23.6 Å². The van der Waals surface area contributed by atoms with E-state index in [2.05, 4.69) is 15.9 Å². The van der Waals surface area contributed by atoms with E-state index < -0.39 is 0 Å². The molecule has 2 aromatic rings. The second-order valence-corrected chi connectivity index (χ2v) is 8.68. The Morgan fingerprint density at radius 1 is 1.10 bits per heavy atom. The van der Waals surface area contributed by atoms with Crippen molar-refractivity contribution in [2.45, 2.75) is 0 Å². The highest BCUT2D eigenvalue weighted by atomic mass is 79.9. The van der Waals surface area contributed by atoms with E-state index in [1.54, 1.807) is 27.3 Å². The van der Waals surface area contributed by atoms with Crippen molar-refractivity contribution < 1.29 is 23.7 Å². The number of thioether (sulfide) groups is 1. The molecule has 0 atom stereocenters. The molecule has 1 fully saturated rings. The smallest absolute Gasteiger partial charge is 0.265 e. The Kier molecular flexibility index (Phi) is 7.63. The first-order valence-electron chi connectivity index (χ1n) is 8.91. The van der Waals surface area contributed by atoms with Crippen molar-refractivity contribution in [2.75, 3.05) is 34.5 Å². The Balaban J connectivity index is 1.67. The standard InChI is InChI=1S/C21H20BrNO5S2/c1-23-20(24)18(30-21(23)29)11-13-9-16(22)19(17(10-13)26-3)28-8-7-27-15-6-4-5-14(12-15)25-2/h4-6,9-12H,7-8H2,1-3H3/b18-11-. The van der Waals surface area contributed by atoms with Crippen LogP contribution in [0.1, 0.15) is 5.56 Å². The largest absolute Gasteiger partial charge is 0.497 e. The lowest BCUT2D eigenvalue weighted by Crippen LogP contribution is -2.22. The molecule has 9 heteroatoms. The number of nitrogens with zero attached hydrogens (tertiary/aromatic N) is 1. The summed E-state index contributed by atoms with van der Waals surface area (Å²) in [6.07, 6.45) is 1.78. The van der Waals surface area contributed by atoms with Crippen molar-refractivity contribution in [1.29, 1.82) is 0 Å². The maximum absolute atomic E-state index is 12.2. The lowest BCUT2D eigenvalue weighted by atomic mass is 10.2. The van der Waals surface area contributed by atoms with Crippen LogP contribution in [0.25, 0.3) is 6.08 Å². The van der Waals surface area contributed by atoms with Crippen LogP contribution in [-0.2, 0) is 4.79 Å². The maximum Gasteiger partial charge on any atom is 0.265 e. The highest BCUT2D eigenvalue weighted by Gasteiger charge is 2.28. The Morgan fingerprint density at radius 3 is 2.50 bits per heavy atom. The number of amides is 1. The van der Waals surface area contributed by atoms with E-state index in [1.807, 2.05) is 36.4 Å². The van der Waals surface area contributed by atoms with Crippen molar-refractivity contribution in [3.8, 4) is 23.0 Å². The Morgan fingerprint density at radius 2 is 1.83 bits per heavy atom. The number of hydrogen-bond donors (Lipinski definition) is 0. The van der Waals surface area contributed by atoms with Crippen LogP contribution in [0.3, 0.4) is 0 Å². The Hall–Kier alpha value is -2.23. The Bertz CT molecular complexity index is 995. The van der Waals surface area contributed by atoms with Gasteiger partial charge in [-0.1, -0.05) is 30.0 Å². The summed E-state index contributed by atoms with van der Waals surface area (Å²) in [6.45, 7) is 0.670. The molecule has 158 valence electrons. The van der Waals surface area contributed by atoms with Gasteiger partial charge < -0.3 is 18.9 Å². The fraction of sp³-hybridized carbons (Fsp3) is 0.238. The summed E-state index contributed by atoms with van der Waals surface area (Å²) in [5.74, 6) is 2.42. The van der Waals surface area contributed by atoms with Crippen molar-refractivity contribution >= 4 is 56.2 Å². The van der Waals surface area contributed by atoms with Gasteiger partial charge in [-0.15, -0.1) is 0 Å². The molecule has 0 spiro atoms. The average molecular weight is 510 g/mol. The number of ether oxygens (including phenoxy) is 4. The highest BCUT2D eigenvalue weighted by Crippen LogP contribution is 2.39. The zero-order chi connectivity index (χ0) is 21.7. The summed E-state index contributed by atoms with van der Waals surface area (Å²) in [7, 11) is 4.84. The van der Waals surface area contributed by atoms with Crippen LogP contribution in [0.5, 0.6) is 23.0 Å². The molecule has 0 bridgehead atoms. The minimum atomic E-state index is -0.116. The number of halogens is 1. The van der Waals surface area contributed by atoms with Crippen LogP contribution >= 0.6 is 39.9 Å². The Labute approximate surface area is 193 Å². The summed E-state index contributed by atoms with van der Waals surface area (Å²) in [5, 5.41) is 0. The van der Waals surface area contributed by atoms with Gasteiger partial charge in [0.2, 0.25) is 0 Å². The van der Waals surface area contributed by atoms with Crippen molar-refractivity contribution in [1.82, 2.24) is 4.90 Å². The van der Waals surface area contributed by atoms with Crippen LogP contribution in [0.4, 0.5) is 0 Å². The van der Waals surface area contributed by atoms with Gasteiger partial charge in [-0.3, -0.25) is 9.69 Å². The fourth-order valence-corrected chi connectivity index (χ4v) is 4.41. The summed E-state index contributed by atoms with van der Waals surface area (Å²) >= 11 is 9.97. The van der Waals surface area contributed by atoms with Gasteiger partial charge in [-0.05, 0) is 51.8 Å². The van der Waals surface area contributed by atoms with Crippen LogP contribution < -0.4 is 18.9 Å². The molecule has 2 aromatic carbocycles. The first-order valence-corrected chi connectivity index (χ1v) is 10.9. The predicted octanol–water partition coefficient (Wildman–Crippen LogP) is 4.76. The molecule has 0 N–H and O–H groups in total. The predicted molar refractivity (Wildman–Crippen MR) is 126 cm³/mol. The molecule has 3 rings (SSSR count). The van der Waals surface area contributed by atoms with Crippen molar-refractivity contribution in [2.24, 2.45) is 0 Å². The highest BCUT2D eigenvalue weighted by molar-refractivity contribution is 9.10. The van der Waals surface area contributed by atoms with E-state index in [0.29, 0.717) is 44.2 Å². The molecule has 0 radical (unpaired) electrons. The van der Waals surface area contributed by atoms with Crippen LogP contribution in [0.15, 0.2) is 45.8 Å². The third-order valence-electron chi connectivity index (χ3n) is 4.18. The molecule has 0 aliphatic carbocycles. The summed E-state index contributed by atoms with van der Waals surface area (Å²) in [4.78, 5) is 14.2. The fourth-order valence-electron chi connectivity index (χ4n) is 2.65. The summed E-state index contributed by atoms with van der Waals surface area (Å²) < 4.78 is 23.5. The molecule has 6 nitrogen and oxygen atoms in total. The lowest BCUT2D eigenvalue weighted by Gasteiger charge is -2.14. The first kappa shape index (κ1) is 22.5. The van der Waals surface area contributed by atoms with Gasteiger partial charge in [0.25, 0.3) is 5.91 Å². The van der Waals surface area contributed by atoms with E-state index >= 15 is 0 Å². The SMILES string of the molecule is COc1cccc(OCCOc2c(Br)cc(/C=C3\SC(=S)N(C)C3=O)cc2OC)c1. The topological polar surface area (TPSA) is 57.2 Å². The normalized spacial score (nSPS) is 14.9. The van der Waals surface area contributed by atoms with E-state index in [0.717, 1.165) is 11.3 Å². The molecule has 1 aliphatic rings. The molecular weight excluding hydrogens is 490 g/mol. The molecule has 0 unspecified atom stereocenters. The first-order chi connectivity index (χ1) is 14.4. The number of likely N-dealkylation sites (N-methyl/N-ethyl adjacent to an activating group) is 1. The lowest BCUT2D eigenvalue weighted by molar-refractivity contribution is -0.121. The zero-order valence-corrected chi connectivity index (χ0v) is 19.9. The number of hydrogen-bond acceptors (Lipinski definition) is 7. The molecule has 30 heavy (non-hydrogen) atoms. The van der Waals surface area contributed by atoms with Crippen molar-refractivity contribution in [3.63, 3.8) is 0 Å².